The molecular formula is C13H23F3O. The van der Waals surface area contributed by atoms with Crippen LogP contribution < -0.4 is 0 Å². The Balaban J connectivity index is 2.42. The summed E-state index contributed by atoms with van der Waals surface area (Å²) in [6, 6.07) is 0. The molecule has 1 aliphatic rings. The molecule has 0 aromatic rings. The summed E-state index contributed by atoms with van der Waals surface area (Å²) < 4.78 is 36.5. The van der Waals surface area contributed by atoms with E-state index in [-0.39, 0.29) is 6.42 Å². The topological polar surface area (TPSA) is 20.2 Å². The number of aliphatic hydroxyl groups is 1. The van der Waals surface area contributed by atoms with E-state index in [9.17, 15) is 18.3 Å². The first-order valence-corrected chi connectivity index (χ1v) is 6.64. The minimum absolute atomic E-state index is 0.130. The third-order valence-electron chi connectivity index (χ3n) is 3.84. The van der Waals surface area contributed by atoms with Crippen LogP contribution in [0.5, 0.6) is 0 Å². The van der Waals surface area contributed by atoms with Crippen molar-refractivity contribution >= 4 is 0 Å². The standard InChI is InChI=1S/C13H23F3O/c1-2-4-11-5-3-7-12(17,8-6-11)9-10-13(14,15)16/h11,17H,2-10H2,1H3. The molecule has 0 aromatic carbocycles. The molecule has 1 fully saturated rings. The van der Waals surface area contributed by atoms with Crippen LogP contribution in [0, 0.1) is 5.92 Å². The lowest BCUT2D eigenvalue weighted by Gasteiger charge is -2.27. The van der Waals surface area contributed by atoms with Gasteiger partial charge in [-0.15, -0.1) is 0 Å². The molecule has 1 rings (SSSR count). The van der Waals surface area contributed by atoms with Gasteiger partial charge in [-0.25, -0.2) is 0 Å². The van der Waals surface area contributed by atoms with Crippen molar-refractivity contribution in [1.82, 2.24) is 0 Å². The number of halogens is 3. The van der Waals surface area contributed by atoms with E-state index in [2.05, 4.69) is 6.92 Å². The predicted octanol–water partition coefficient (Wildman–Crippen LogP) is 4.44. The van der Waals surface area contributed by atoms with Crippen molar-refractivity contribution in [3.8, 4) is 0 Å². The average Bonchev–Trinajstić information content (AvgIpc) is 2.39. The SMILES string of the molecule is CCCC1CCCC(O)(CCC(F)(F)F)CC1. The highest BCUT2D eigenvalue weighted by Gasteiger charge is 2.36. The fourth-order valence-corrected chi connectivity index (χ4v) is 2.78. The summed E-state index contributed by atoms with van der Waals surface area (Å²) in [6.07, 6.45) is 0.976. The molecule has 1 saturated carbocycles. The monoisotopic (exact) mass is 252 g/mol. The van der Waals surface area contributed by atoms with Gasteiger partial charge in [-0.3, -0.25) is 0 Å². The van der Waals surface area contributed by atoms with Crippen LogP contribution in [0.3, 0.4) is 0 Å². The second-order valence-corrected chi connectivity index (χ2v) is 5.43. The summed E-state index contributed by atoms with van der Waals surface area (Å²) in [4.78, 5) is 0. The first-order chi connectivity index (χ1) is 7.85. The first-order valence-electron chi connectivity index (χ1n) is 6.64. The van der Waals surface area contributed by atoms with Gasteiger partial charge < -0.3 is 5.11 Å². The van der Waals surface area contributed by atoms with Gasteiger partial charge in [-0.2, -0.15) is 13.2 Å². The molecule has 0 heterocycles. The molecule has 0 aliphatic heterocycles. The van der Waals surface area contributed by atoms with Crippen LogP contribution in [-0.4, -0.2) is 16.9 Å². The fourth-order valence-electron chi connectivity index (χ4n) is 2.78. The van der Waals surface area contributed by atoms with Crippen molar-refractivity contribution in [2.45, 2.75) is 76.5 Å². The third-order valence-corrected chi connectivity index (χ3v) is 3.84. The number of rotatable bonds is 4. The smallest absolute Gasteiger partial charge is 0.389 e. The summed E-state index contributed by atoms with van der Waals surface area (Å²) in [7, 11) is 0. The lowest BCUT2D eigenvalue weighted by Crippen LogP contribution is -2.30. The number of hydrogen-bond donors (Lipinski definition) is 1. The minimum atomic E-state index is -4.15. The van der Waals surface area contributed by atoms with Crippen LogP contribution in [0.15, 0.2) is 0 Å². The molecule has 4 heteroatoms. The maximum absolute atomic E-state index is 12.2. The maximum Gasteiger partial charge on any atom is 0.389 e. The molecule has 1 aliphatic carbocycles. The summed E-state index contributed by atoms with van der Waals surface area (Å²) in [6.45, 7) is 2.13. The Morgan fingerprint density at radius 1 is 1.24 bits per heavy atom. The summed E-state index contributed by atoms with van der Waals surface area (Å²) in [5, 5.41) is 10.2. The molecule has 0 radical (unpaired) electrons. The van der Waals surface area contributed by atoms with Gasteiger partial charge in [0.2, 0.25) is 0 Å². The average molecular weight is 252 g/mol. The molecule has 17 heavy (non-hydrogen) atoms. The summed E-state index contributed by atoms with van der Waals surface area (Å²) in [5.41, 5.74) is -1.07. The van der Waals surface area contributed by atoms with Gasteiger partial charge >= 0.3 is 6.18 Å². The molecule has 0 amide bonds. The quantitative estimate of drug-likeness (QED) is 0.733. The highest BCUT2D eigenvalue weighted by molar-refractivity contribution is 4.84. The fraction of sp³-hybridized carbons (Fsp3) is 1.00. The molecule has 1 N–H and O–H groups in total. The molecule has 102 valence electrons. The lowest BCUT2D eigenvalue weighted by molar-refractivity contribution is -0.147. The van der Waals surface area contributed by atoms with Crippen molar-refractivity contribution < 1.29 is 18.3 Å². The van der Waals surface area contributed by atoms with E-state index in [1.807, 2.05) is 0 Å². The van der Waals surface area contributed by atoms with Crippen LogP contribution in [0.4, 0.5) is 13.2 Å². The first kappa shape index (κ1) is 14.8. The van der Waals surface area contributed by atoms with E-state index in [0.717, 1.165) is 32.1 Å². The summed E-state index contributed by atoms with van der Waals surface area (Å²) >= 11 is 0. The van der Waals surface area contributed by atoms with Gasteiger partial charge in [0.1, 0.15) is 0 Å². The zero-order valence-electron chi connectivity index (χ0n) is 10.5. The second-order valence-electron chi connectivity index (χ2n) is 5.43. The molecule has 0 aromatic heterocycles. The van der Waals surface area contributed by atoms with Gasteiger partial charge in [-0.1, -0.05) is 32.6 Å². The summed E-state index contributed by atoms with van der Waals surface area (Å²) in [5.74, 6) is 0.597. The zero-order valence-corrected chi connectivity index (χ0v) is 10.5. The van der Waals surface area contributed by atoms with Crippen LogP contribution in [0.1, 0.15) is 64.7 Å². The van der Waals surface area contributed by atoms with E-state index in [0.29, 0.717) is 18.8 Å². The van der Waals surface area contributed by atoms with E-state index in [1.54, 1.807) is 0 Å². The normalized spacial score (nSPS) is 31.2. The Morgan fingerprint density at radius 2 is 1.94 bits per heavy atom. The molecule has 2 atom stereocenters. The largest absolute Gasteiger partial charge is 0.390 e. The van der Waals surface area contributed by atoms with Crippen LogP contribution in [-0.2, 0) is 0 Å². The zero-order chi connectivity index (χ0) is 12.9. The Bertz CT molecular complexity index is 227. The van der Waals surface area contributed by atoms with Gasteiger partial charge in [-0.05, 0) is 31.6 Å². The van der Waals surface area contributed by atoms with Crippen molar-refractivity contribution in [2.24, 2.45) is 5.92 Å². The minimum Gasteiger partial charge on any atom is -0.390 e. The highest BCUT2D eigenvalue weighted by Crippen LogP contribution is 2.37. The van der Waals surface area contributed by atoms with Gasteiger partial charge in [0.15, 0.2) is 0 Å². The number of hydrogen-bond acceptors (Lipinski definition) is 1. The highest BCUT2D eigenvalue weighted by atomic mass is 19.4. The molecule has 0 spiro atoms. The van der Waals surface area contributed by atoms with Gasteiger partial charge in [0.05, 0.1) is 5.60 Å². The second kappa shape index (κ2) is 6.07. The van der Waals surface area contributed by atoms with E-state index >= 15 is 0 Å². The third kappa shape index (κ3) is 5.75. The van der Waals surface area contributed by atoms with Crippen molar-refractivity contribution in [3.05, 3.63) is 0 Å². The molecule has 0 bridgehead atoms. The molecule has 2 unspecified atom stereocenters. The molecular weight excluding hydrogens is 229 g/mol. The van der Waals surface area contributed by atoms with Crippen LogP contribution in [0.2, 0.25) is 0 Å². The Labute approximate surface area is 101 Å². The van der Waals surface area contributed by atoms with Crippen LogP contribution >= 0.6 is 0 Å². The molecule has 1 nitrogen and oxygen atoms in total. The lowest BCUT2D eigenvalue weighted by atomic mass is 9.88. The van der Waals surface area contributed by atoms with Crippen molar-refractivity contribution in [1.29, 1.82) is 0 Å². The van der Waals surface area contributed by atoms with Crippen molar-refractivity contribution in [3.63, 3.8) is 0 Å². The van der Waals surface area contributed by atoms with Crippen LogP contribution in [0.25, 0.3) is 0 Å². The maximum atomic E-state index is 12.2. The van der Waals surface area contributed by atoms with Gasteiger partial charge in [0.25, 0.3) is 0 Å². The number of alkyl halides is 3. The Hall–Kier alpha value is -0.250. The van der Waals surface area contributed by atoms with E-state index in [1.165, 1.54) is 0 Å². The Morgan fingerprint density at radius 3 is 2.53 bits per heavy atom. The Kier molecular flexibility index (Phi) is 5.29. The van der Waals surface area contributed by atoms with E-state index in [4.69, 9.17) is 0 Å². The molecule has 0 saturated heterocycles. The van der Waals surface area contributed by atoms with E-state index < -0.39 is 18.2 Å². The van der Waals surface area contributed by atoms with Crippen molar-refractivity contribution in [2.75, 3.05) is 0 Å². The van der Waals surface area contributed by atoms with Gasteiger partial charge in [0, 0.05) is 6.42 Å². The predicted molar refractivity (Wildman–Crippen MR) is 61.7 cm³/mol.